The number of benzene rings is 1. The second-order valence-corrected chi connectivity index (χ2v) is 8.76. The van der Waals surface area contributed by atoms with Crippen LogP contribution in [0.25, 0.3) is 20.7 Å². The fourth-order valence-electron chi connectivity index (χ4n) is 3.93. The number of anilines is 1. The zero-order valence-electron chi connectivity index (χ0n) is 16.1. The minimum Gasteiger partial charge on any atom is -0.354 e. The van der Waals surface area contributed by atoms with Crippen LogP contribution >= 0.6 is 11.3 Å². The number of aryl methyl sites for hydroxylation is 1. The SMILES string of the molecule is Cc1nc(N2CCCN(C(=O)C3CC3)CC2)c2cc(-c3ccccc3)sc2n1. The highest BCUT2D eigenvalue weighted by Crippen LogP contribution is 2.37. The van der Waals surface area contributed by atoms with Gasteiger partial charge in [0.05, 0.1) is 5.39 Å². The van der Waals surface area contributed by atoms with Crippen LogP contribution in [0, 0.1) is 12.8 Å². The molecule has 2 fully saturated rings. The van der Waals surface area contributed by atoms with E-state index in [2.05, 4.69) is 40.1 Å². The average molecular weight is 393 g/mol. The number of carbonyl (C=O) groups is 1. The highest BCUT2D eigenvalue weighted by Gasteiger charge is 2.34. The Kier molecular flexibility index (Phi) is 4.51. The predicted molar refractivity (Wildman–Crippen MR) is 114 cm³/mol. The second kappa shape index (κ2) is 7.17. The molecule has 144 valence electrons. The zero-order valence-corrected chi connectivity index (χ0v) is 16.9. The molecule has 1 aliphatic carbocycles. The van der Waals surface area contributed by atoms with E-state index in [1.165, 1.54) is 10.4 Å². The van der Waals surface area contributed by atoms with E-state index in [0.717, 1.165) is 67.3 Å². The summed E-state index contributed by atoms with van der Waals surface area (Å²) in [6, 6.07) is 12.7. The van der Waals surface area contributed by atoms with Gasteiger partial charge in [0.15, 0.2) is 0 Å². The van der Waals surface area contributed by atoms with Crippen molar-refractivity contribution in [2.24, 2.45) is 5.92 Å². The fraction of sp³-hybridized carbons (Fsp3) is 0.409. The van der Waals surface area contributed by atoms with Crippen molar-refractivity contribution in [2.45, 2.75) is 26.2 Å². The Hall–Kier alpha value is -2.47. The van der Waals surface area contributed by atoms with Crippen LogP contribution in [0.3, 0.4) is 0 Å². The molecule has 0 unspecified atom stereocenters. The monoisotopic (exact) mass is 392 g/mol. The number of thiophene rings is 1. The molecule has 3 aromatic rings. The third-order valence-corrected chi connectivity index (χ3v) is 6.65. The van der Waals surface area contributed by atoms with Gasteiger partial charge in [-0.25, -0.2) is 9.97 Å². The van der Waals surface area contributed by atoms with Gasteiger partial charge in [0.25, 0.3) is 0 Å². The van der Waals surface area contributed by atoms with Crippen molar-refractivity contribution in [1.29, 1.82) is 0 Å². The first kappa shape index (κ1) is 17.6. The quantitative estimate of drug-likeness (QED) is 0.673. The van der Waals surface area contributed by atoms with Crippen molar-refractivity contribution in [3.8, 4) is 10.4 Å². The molecule has 0 radical (unpaired) electrons. The lowest BCUT2D eigenvalue weighted by molar-refractivity contribution is -0.132. The molecule has 5 rings (SSSR count). The molecule has 1 saturated carbocycles. The maximum Gasteiger partial charge on any atom is 0.225 e. The Labute approximate surface area is 169 Å². The fourth-order valence-corrected chi connectivity index (χ4v) is 5.01. The van der Waals surface area contributed by atoms with Crippen molar-refractivity contribution in [3.63, 3.8) is 0 Å². The van der Waals surface area contributed by atoms with Crippen molar-refractivity contribution in [1.82, 2.24) is 14.9 Å². The van der Waals surface area contributed by atoms with Crippen molar-refractivity contribution in [2.75, 3.05) is 31.1 Å². The van der Waals surface area contributed by atoms with Crippen LogP contribution in [0.5, 0.6) is 0 Å². The van der Waals surface area contributed by atoms with Crippen LogP contribution in [0.15, 0.2) is 36.4 Å². The summed E-state index contributed by atoms with van der Waals surface area (Å²) in [5.74, 6) is 2.47. The lowest BCUT2D eigenvalue weighted by Gasteiger charge is -2.23. The average Bonchev–Trinajstić information content (AvgIpc) is 3.51. The molecular formula is C22H24N4OS. The minimum absolute atomic E-state index is 0.296. The van der Waals surface area contributed by atoms with E-state index in [4.69, 9.17) is 9.97 Å². The predicted octanol–water partition coefficient (Wildman–Crippen LogP) is 4.12. The van der Waals surface area contributed by atoms with Gasteiger partial charge < -0.3 is 9.80 Å². The Morgan fingerprint density at radius 3 is 2.68 bits per heavy atom. The number of nitrogens with zero attached hydrogens (tertiary/aromatic N) is 4. The zero-order chi connectivity index (χ0) is 19.1. The standard InChI is InChI=1S/C22H24N4OS/c1-15-23-20(25-10-5-11-26(13-12-25)22(27)17-8-9-17)18-14-19(28-21(18)24-15)16-6-3-2-4-7-16/h2-4,6-7,14,17H,5,8-13H2,1H3. The van der Waals surface area contributed by atoms with Crippen molar-refractivity contribution < 1.29 is 4.79 Å². The smallest absolute Gasteiger partial charge is 0.225 e. The molecule has 2 aliphatic rings. The number of hydrogen-bond donors (Lipinski definition) is 0. The van der Waals surface area contributed by atoms with Gasteiger partial charge in [-0.05, 0) is 37.8 Å². The summed E-state index contributed by atoms with van der Waals surface area (Å²) in [5, 5.41) is 1.12. The van der Waals surface area contributed by atoms with Gasteiger partial charge in [0.2, 0.25) is 5.91 Å². The van der Waals surface area contributed by atoms with E-state index in [1.54, 1.807) is 11.3 Å². The largest absolute Gasteiger partial charge is 0.354 e. The third-order valence-electron chi connectivity index (χ3n) is 5.58. The first-order valence-electron chi connectivity index (χ1n) is 10.1. The van der Waals surface area contributed by atoms with Crippen molar-refractivity contribution in [3.05, 3.63) is 42.2 Å². The van der Waals surface area contributed by atoms with Gasteiger partial charge in [0, 0.05) is 37.0 Å². The molecule has 0 spiro atoms. The van der Waals surface area contributed by atoms with Crippen LogP contribution in [-0.2, 0) is 4.79 Å². The highest BCUT2D eigenvalue weighted by molar-refractivity contribution is 7.21. The molecule has 0 bridgehead atoms. The molecule has 0 atom stereocenters. The second-order valence-electron chi connectivity index (χ2n) is 7.73. The number of fused-ring (bicyclic) bond motifs is 1. The van der Waals surface area contributed by atoms with Gasteiger partial charge in [-0.1, -0.05) is 30.3 Å². The van der Waals surface area contributed by atoms with E-state index in [-0.39, 0.29) is 0 Å². The van der Waals surface area contributed by atoms with E-state index in [0.29, 0.717) is 11.8 Å². The number of hydrogen-bond acceptors (Lipinski definition) is 5. The molecule has 3 heterocycles. The number of rotatable bonds is 3. The summed E-state index contributed by atoms with van der Waals surface area (Å²) in [5.41, 5.74) is 1.21. The van der Waals surface area contributed by atoms with Crippen molar-refractivity contribution >= 4 is 33.3 Å². The molecule has 1 aromatic carbocycles. The van der Waals surface area contributed by atoms with Crippen LogP contribution in [0.2, 0.25) is 0 Å². The maximum atomic E-state index is 12.5. The molecule has 6 heteroatoms. The molecule has 5 nitrogen and oxygen atoms in total. The lowest BCUT2D eigenvalue weighted by Crippen LogP contribution is -2.36. The Bertz CT molecular complexity index is 1010. The van der Waals surface area contributed by atoms with Gasteiger partial charge >= 0.3 is 0 Å². The normalized spacial score (nSPS) is 17.8. The maximum absolute atomic E-state index is 12.5. The Balaban J connectivity index is 1.46. The molecule has 2 aromatic heterocycles. The highest BCUT2D eigenvalue weighted by atomic mass is 32.1. The van der Waals surface area contributed by atoms with Crippen LogP contribution in [-0.4, -0.2) is 47.0 Å². The molecule has 1 saturated heterocycles. The molecule has 1 aliphatic heterocycles. The molecule has 0 N–H and O–H groups in total. The summed E-state index contributed by atoms with van der Waals surface area (Å²) in [6.45, 7) is 5.37. The van der Waals surface area contributed by atoms with Gasteiger partial charge in [-0.15, -0.1) is 11.3 Å². The number of amides is 1. The first-order valence-corrected chi connectivity index (χ1v) is 10.9. The van der Waals surface area contributed by atoms with Gasteiger partial charge in [-0.2, -0.15) is 0 Å². The van der Waals surface area contributed by atoms with E-state index in [9.17, 15) is 4.79 Å². The number of aromatic nitrogens is 2. The van der Waals surface area contributed by atoms with E-state index < -0.39 is 0 Å². The molecule has 28 heavy (non-hydrogen) atoms. The van der Waals surface area contributed by atoms with Gasteiger partial charge in [-0.3, -0.25) is 4.79 Å². The van der Waals surface area contributed by atoms with Crippen LogP contribution in [0.1, 0.15) is 25.1 Å². The summed E-state index contributed by atoms with van der Waals surface area (Å²) < 4.78 is 0. The summed E-state index contributed by atoms with van der Waals surface area (Å²) in [7, 11) is 0. The minimum atomic E-state index is 0.296. The molecule has 1 amide bonds. The first-order chi connectivity index (χ1) is 13.7. The topological polar surface area (TPSA) is 49.3 Å². The van der Waals surface area contributed by atoms with E-state index in [1.807, 2.05) is 13.0 Å². The summed E-state index contributed by atoms with van der Waals surface area (Å²) in [4.78, 5) is 28.6. The lowest BCUT2D eigenvalue weighted by atomic mass is 10.2. The van der Waals surface area contributed by atoms with E-state index >= 15 is 0 Å². The van der Waals surface area contributed by atoms with Crippen LogP contribution in [0.4, 0.5) is 5.82 Å². The summed E-state index contributed by atoms with van der Waals surface area (Å²) in [6.07, 6.45) is 3.13. The number of carbonyl (C=O) groups excluding carboxylic acids is 1. The summed E-state index contributed by atoms with van der Waals surface area (Å²) >= 11 is 1.72. The Morgan fingerprint density at radius 1 is 1.07 bits per heavy atom. The third kappa shape index (κ3) is 3.37. The van der Waals surface area contributed by atoms with Crippen LogP contribution < -0.4 is 4.90 Å². The Morgan fingerprint density at radius 2 is 1.89 bits per heavy atom. The van der Waals surface area contributed by atoms with Gasteiger partial charge in [0.1, 0.15) is 16.5 Å². The molecular weight excluding hydrogens is 368 g/mol.